The zero-order valence-electron chi connectivity index (χ0n) is 20.3. The van der Waals surface area contributed by atoms with Gasteiger partial charge in [0.1, 0.15) is 5.25 Å². The van der Waals surface area contributed by atoms with Crippen molar-refractivity contribution in [1.82, 2.24) is 0 Å². The fourth-order valence-electron chi connectivity index (χ4n) is 3.61. The Bertz CT molecular complexity index is 1550. The van der Waals surface area contributed by atoms with E-state index in [2.05, 4.69) is 10.6 Å². The van der Waals surface area contributed by atoms with Crippen LogP contribution in [0.5, 0.6) is 0 Å². The number of anilines is 2. The number of halogens is 4. The molecule has 7 nitrogen and oxygen atoms in total. The van der Waals surface area contributed by atoms with Gasteiger partial charge in [-0.05, 0) is 54.1 Å². The fourth-order valence-corrected chi connectivity index (χ4v) is 4.80. The first-order valence-corrected chi connectivity index (χ1v) is 12.8. The number of carbonyl (C=O) groups excluding carboxylic acids is 2. The zero-order valence-corrected chi connectivity index (χ0v) is 21.9. The lowest BCUT2D eigenvalue weighted by atomic mass is 10.1. The van der Waals surface area contributed by atoms with Crippen molar-refractivity contribution in [2.45, 2.75) is 16.3 Å². The first-order chi connectivity index (χ1) is 19.0. The summed E-state index contributed by atoms with van der Waals surface area (Å²) in [5, 5.41) is 15.3. The van der Waals surface area contributed by atoms with Crippen LogP contribution in [0.2, 0.25) is 5.02 Å². The highest BCUT2D eigenvalue weighted by atomic mass is 35.5. The normalized spacial score (nSPS) is 11.9. The third-order valence-electron chi connectivity index (χ3n) is 5.58. The summed E-state index contributed by atoms with van der Waals surface area (Å²) in [4.78, 5) is 36.9. The van der Waals surface area contributed by atoms with Crippen molar-refractivity contribution < 1.29 is 27.7 Å². The molecule has 0 fully saturated rings. The van der Waals surface area contributed by atoms with E-state index in [0.29, 0.717) is 16.1 Å². The van der Waals surface area contributed by atoms with Crippen molar-refractivity contribution in [2.24, 2.45) is 0 Å². The van der Waals surface area contributed by atoms with Crippen molar-refractivity contribution in [2.75, 3.05) is 10.6 Å². The number of non-ortho nitro benzene ring substituents is 1. The highest BCUT2D eigenvalue weighted by molar-refractivity contribution is 8.00. The first-order valence-electron chi connectivity index (χ1n) is 11.6. The maximum atomic E-state index is 13.3. The summed E-state index contributed by atoms with van der Waals surface area (Å²) in [7, 11) is 0. The minimum atomic E-state index is -4.61. The van der Waals surface area contributed by atoms with Gasteiger partial charge >= 0.3 is 6.18 Å². The Morgan fingerprint density at radius 2 is 1.57 bits per heavy atom. The molecule has 0 saturated heterocycles. The van der Waals surface area contributed by atoms with E-state index < -0.39 is 33.7 Å². The molecular weight excluding hydrogens is 567 g/mol. The molecule has 1 unspecified atom stereocenters. The molecule has 0 aliphatic carbocycles. The number of nitro groups is 1. The molecule has 4 aromatic rings. The van der Waals surface area contributed by atoms with E-state index in [-0.39, 0.29) is 22.0 Å². The second-order valence-electron chi connectivity index (χ2n) is 8.38. The highest BCUT2D eigenvalue weighted by Crippen LogP contribution is 2.38. The number of hydrogen-bond acceptors (Lipinski definition) is 5. The molecule has 0 spiro atoms. The molecule has 2 N–H and O–H groups in total. The van der Waals surface area contributed by atoms with Crippen LogP contribution in [0.25, 0.3) is 0 Å². The summed E-state index contributed by atoms with van der Waals surface area (Å²) in [6.45, 7) is 0. The lowest BCUT2D eigenvalue weighted by Crippen LogP contribution is -2.19. The predicted octanol–water partition coefficient (Wildman–Crippen LogP) is 7.99. The third-order valence-corrected chi connectivity index (χ3v) is 7.17. The van der Waals surface area contributed by atoms with Gasteiger partial charge in [-0.2, -0.15) is 13.2 Å². The molecule has 0 aliphatic rings. The summed E-state index contributed by atoms with van der Waals surface area (Å²) in [5.41, 5.74) is -0.188. The average Bonchev–Trinajstić information content (AvgIpc) is 2.93. The topological polar surface area (TPSA) is 101 Å². The van der Waals surface area contributed by atoms with Crippen molar-refractivity contribution in [1.29, 1.82) is 0 Å². The zero-order chi connectivity index (χ0) is 28.9. The number of alkyl halides is 3. The van der Waals surface area contributed by atoms with E-state index in [1.165, 1.54) is 24.3 Å². The van der Waals surface area contributed by atoms with Crippen LogP contribution in [0, 0.1) is 10.1 Å². The van der Waals surface area contributed by atoms with Gasteiger partial charge < -0.3 is 10.6 Å². The summed E-state index contributed by atoms with van der Waals surface area (Å²) < 4.78 is 39.6. The van der Waals surface area contributed by atoms with Gasteiger partial charge in [-0.1, -0.05) is 48.0 Å². The van der Waals surface area contributed by atoms with Crippen molar-refractivity contribution in [3.63, 3.8) is 0 Å². The van der Waals surface area contributed by atoms with Crippen molar-refractivity contribution in [3.8, 4) is 0 Å². The first kappa shape index (κ1) is 28.7. The number of carbonyl (C=O) groups is 2. The van der Waals surface area contributed by atoms with E-state index in [1.807, 2.05) is 0 Å². The van der Waals surface area contributed by atoms with Crippen LogP contribution in [0.15, 0.2) is 102 Å². The van der Waals surface area contributed by atoms with Crippen LogP contribution >= 0.6 is 23.4 Å². The van der Waals surface area contributed by atoms with E-state index in [9.17, 15) is 32.9 Å². The SMILES string of the molecule is O=C(Nc1ccc(SC(C(=O)Nc2cc(C(F)(F)F)ccc2Cl)c2ccccc2)cc1)c1cccc([N+](=O)[O-])c1. The molecule has 40 heavy (non-hydrogen) atoms. The average molecular weight is 586 g/mol. The smallest absolute Gasteiger partial charge is 0.323 e. The number of nitro benzene ring substituents is 1. The van der Waals surface area contributed by atoms with Crippen LogP contribution in [-0.4, -0.2) is 16.7 Å². The van der Waals surface area contributed by atoms with Gasteiger partial charge in [-0.15, -0.1) is 11.8 Å². The molecule has 0 aromatic heterocycles. The Kier molecular flexibility index (Phi) is 8.76. The van der Waals surface area contributed by atoms with Crippen LogP contribution in [0.3, 0.4) is 0 Å². The van der Waals surface area contributed by atoms with Crippen LogP contribution in [-0.2, 0) is 11.0 Å². The second kappa shape index (κ2) is 12.2. The highest BCUT2D eigenvalue weighted by Gasteiger charge is 2.31. The van der Waals surface area contributed by atoms with E-state index in [1.54, 1.807) is 54.6 Å². The molecule has 4 aromatic carbocycles. The Balaban J connectivity index is 1.52. The van der Waals surface area contributed by atoms with Crippen LogP contribution in [0.1, 0.15) is 26.7 Å². The Morgan fingerprint density at radius 3 is 2.23 bits per heavy atom. The molecule has 0 saturated carbocycles. The number of nitrogens with one attached hydrogen (secondary N) is 2. The van der Waals surface area contributed by atoms with Crippen molar-refractivity contribution >= 4 is 52.2 Å². The molecule has 204 valence electrons. The summed E-state index contributed by atoms with van der Waals surface area (Å²) in [6, 6.07) is 23.2. The Hall–Kier alpha value is -4.35. The van der Waals surface area contributed by atoms with Gasteiger partial charge in [0.25, 0.3) is 11.6 Å². The minimum absolute atomic E-state index is 0.0398. The number of benzene rings is 4. The van der Waals surface area contributed by atoms with E-state index in [0.717, 1.165) is 30.0 Å². The van der Waals surface area contributed by atoms with E-state index >= 15 is 0 Å². The molecule has 0 bridgehead atoms. The standard InChI is InChI=1S/C28H19ClF3N3O4S/c29-23-14-9-19(28(30,31)32)16-24(23)34-27(37)25(17-5-2-1-3-6-17)40-22-12-10-20(11-13-22)33-26(36)18-7-4-8-21(15-18)35(38)39/h1-16,25H,(H,33,36)(H,34,37). The quantitative estimate of drug-likeness (QED) is 0.124. The molecule has 0 radical (unpaired) electrons. The maximum Gasteiger partial charge on any atom is 0.416 e. The maximum absolute atomic E-state index is 13.3. The third kappa shape index (κ3) is 7.19. The molecular formula is C28H19ClF3N3O4S. The van der Waals surface area contributed by atoms with E-state index in [4.69, 9.17) is 11.6 Å². The van der Waals surface area contributed by atoms with Gasteiger partial charge in [0, 0.05) is 28.3 Å². The second-order valence-corrected chi connectivity index (χ2v) is 9.96. The lowest BCUT2D eigenvalue weighted by Gasteiger charge is -2.18. The molecule has 0 heterocycles. The number of rotatable bonds is 8. The number of hydrogen-bond donors (Lipinski definition) is 2. The summed E-state index contributed by atoms with van der Waals surface area (Å²) in [6.07, 6.45) is -4.61. The molecule has 2 amide bonds. The van der Waals surface area contributed by atoms with Crippen molar-refractivity contribution in [3.05, 3.63) is 129 Å². The summed E-state index contributed by atoms with van der Waals surface area (Å²) in [5.74, 6) is -1.12. The lowest BCUT2D eigenvalue weighted by molar-refractivity contribution is -0.384. The molecule has 0 aliphatic heterocycles. The predicted molar refractivity (Wildman–Crippen MR) is 148 cm³/mol. The largest absolute Gasteiger partial charge is 0.416 e. The number of thioether (sulfide) groups is 1. The molecule has 12 heteroatoms. The Labute approximate surface area is 235 Å². The van der Waals surface area contributed by atoms with Gasteiger partial charge in [-0.3, -0.25) is 19.7 Å². The molecule has 1 atom stereocenters. The number of nitrogens with zero attached hydrogens (tertiary/aromatic N) is 1. The van der Waals surface area contributed by atoms with Gasteiger partial charge in [0.05, 0.1) is 21.2 Å². The minimum Gasteiger partial charge on any atom is -0.323 e. The van der Waals surface area contributed by atoms with Crippen LogP contribution in [0.4, 0.5) is 30.2 Å². The van der Waals surface area contributed by atoms with Gasteiger partial charge in [0.15, 0.2) is 0 Å². The summed E-state index contributed by atoms with van der Waals surface area (Å²) >= 11 is 7.22. The number of amides is 2. The fraction of sp³-hybridized carbons (Fsp3) is 0.0714. The van der Waals surface area contributed by atoms with Gasteiger partial charge in [-0.25, -0.2) is 0 Å². The molecule has 4 rings (SSSR count). The van der Waals surface area contributed by atoms with Gasteiger partial charge in [0.2, 0.25) is 5.91 Å². The van der Waals surface area contributed by atoms with Crippen LogP contribution < -0.4 is 10.6 Å². The Morgan fingerprint density at radius 1 is 0.875 bits per heavy atom. The monoisotopic (exact) mass is 585 g/mol.